The minimum atomic E-state index is -1.37. The lowest BCUT2D eigenvalue weighted by atomic mass is 9.76. The fourth-order valence-electron chi connectivity index (χ4n) is 3.34. The Kier molecular flexibility index (Phi) is 5.63. The van der Waals surface area contributed by atoms with E-state index in [1.54, 1.807) is 0 Å². The molecule has 1 aliphatic rings. The third kappa shape index (κ3) is 4.37. The van der Waals surface area contributed by atoms with E-state index in [1.807, 2.05) is 74.4 Å². The number of anilines is 1. The molecule has 4 nitrogen and oxygen atoms in total. The molecule has 0 aromatic heterocycles. The summed E-state index contributed by atoms with van der Waals surface area (Å²) in [5.41, 5.74) is 1.69. The second-order valence-corrected chi connectivity index (χ2v) is 8.79. The van der Waals surface area contributed by atoms with Gasteiger partial charge < -0.3 is 10.0 Å². The van der Waals surface area contributed by atoms with E-state index in [2.05, 4.69) is 0 Å². The Bertz CT molecular complexity index is 871. The number of carbonyl (C=O) groups excluding carboxylic acids is 1. The number of rotatable bonds is 5. The average Bonchev–Trinajstić information content (AvgIpc) is 2.64. The van der Waals surface area contributed by atoms with Crippen LogP contribution in [0.1, 0.15) is 23.5 Å². The Labute approximate surface area is 163 Å². The van der Waals surface area contributed by atoms with Gasteiger partial charge in [0.1, 0.15) is 5.60 Å². The van der Waals surface area contributed by atoms with Gasteiger partial charge in [-0.05, 0) is 48.9 Å². The van der Waals surface area contributed by atoms with E-state index < -0.39 is 22.3 Å². The number of ketones is 1. The van der Waals surface area contributed by atoms with Crippen molar-refractivity contribution in [3.05, 3.63) is 71.8 Å². The first-order chi connectivity index (χ1) is 12.8. The quantitative estimate of drug-likeness (QED) is 0.861. The molecule has 0 saturated carbocycles. The van der Waals surface area contributed by atoms with Crippen molar-refractivity contribution in [1.29, 1.82) is 0 Å². The molecule has 0 aliphatic heterocycles. The van der Waals surface area contributed by atoms with Crippen molar-refractivity contribution in [3.63, 3.8) is 0 Å². The largest absolute Gasteiger partial charge is 0.384 e. The molecular formula is C22H25NO3S. The Hall–Kier alpha value is -2.24. The molecule has 0 fully saturated rings. The average molecular weight is 384 g/mol. The minimum Gasteiger partial charge on any atom is -0.384 e. The predicted molar refractivity (Wildman–Crippen MR) is 110 cm³/mol. The number of aliphatic hydroxyl groups is 1. The highest BCUT2D eigenvalue weighted by atomic mass is 32.2. The smallest absolute Gasteiger partial charge is 0.156 e. The summed E-state index contributed by atoms with van der Waals surface area (Å²) in [6.07, 6.45) is 3.14. The fraction of sp³-hybridized carbons (Fsp3) is 0.318. The van der Waals surface area contributed by atoms with Crippen LogP contribution in [0.5, 0.6) is 0 Å². The summed E-state index contributed by atoms with van der Waals surface area (Å²) in [4.78, 5) is 14.7. The highest BCUT2D eigenvalue weighted by Gasteiger charge is 2.41. The zero-order valence-corrected chi connectivity index (χ0v) is 16.7. The first kappa shape index (κ1) is 19.5. The standard InChI is InChI=1S/C22H25NO3S/c1-16-4-10-20(11-5-16)27(26)15-22(25)13-12-19(24)14-21(22)17-6-8-18(9-7-17)23(2)3/h4-13,21,25H,14-15H2,1-3H3/t21-,22+,27-/m1/s1. The van der Waals surface area contributed by atoms with Crippen molar-refractivity contribution in [2.24, 2.45) is 0 Å². The summed E-state index contributed by atoms with van der Waals surface area (Å²) in [6, 6.07) is 15.3. The number of hydrogen-bond donors (Lipinski definition) is 1. The molecule has 0 heterocycles. The minimum absolute atomic E-state index is 0.0255. The third-order valence-electron chi connectivity index (χ3n) is 5.02. The van der Waals surface area contributed by atoms with Gasteiger partial charge in [-0.25, -0.2) is 0 Å². The van der Waals surface area contributed by atoms with Crippen molar-refractivity contribution in [1.82, 2.24) is 0 Å². The molecule has 5 heteroatoms. The normalized spacial score (nSPS) is 23.3. The van der Waals surface area contributed by atoms with Crippen LogP contribution >= 0.6 is 0 Å². The molecule has 0 radical (unpaired) electrons. The van der Waals surface area contributed by atoms with E-state index in [4.69, 9.17) is 0 Å². The first-order valence-electron chi connectivity index (χ1n) is 8.95. The Balaban J connectivity index is 1.89. The fourth-order valence-corrected chi connectivity index (χ4v) is 4.67. The molecule has 3 atom stereocenters. The maximum absolute atomic E-state index is 12.9. The Morgan fingerprint density at radius 3 is 2.33 bits per heavy atom. The van der Waals surface area contributed by atoms with Crippen LogP contribution in [0.3, 0.4) is 0 Å². The van der Waals surface area contributed by atoms with Gasteiger partial charge in [0.25, 0.3) is 0 Å². The predicted octanol–water partition coefficient (Wildman–Crippen LogP) is 3.21. The third-order valence-corrected chi connectivity index (χ3v) is 6.55. The van der Waals surface area contributed by atoms with Gasteiger partial charge in [0.2, 0.25) is 0 Å². The maximum Gasteiger partial charge on any atom is 0.156 e. The first-order valence-corrected chi connectivity index (χ1v) is 10.3. The number of aryl methyl sites for hydroxylation is 1. The number of allylic oxidation sites excluding steroid dienone is 1. The van der Waals surface area contributed by atoms with Crippen LogP contribution in [-0.2, 0) is 15.6 Å². The molecule has 1 N–H and O–H groups in total. The van der Waals surface area contributed by atoms with Gasteiger partial charge in [-0.1, -0.05) is 29.8 Å². The summed E-state index contributed by atoms with van der Waals surface area (Å²) in [5, 5.41) is 11.3. The molecular weight excluding hydrogens is 358 g/mol. The number of nitrogens with zero attached hydrogens (tertiary/aromatic N) is 1. The molecule has 0 bridgehead atoms. The van der Waals surface area contributed by atoms with E-state index in [0.717, 1.165) is 16.8 Å². The van der Waals surface area contributed by atoms with Crippen LogP contribution in [0.2, 0.25) is 0 Å². The van der Waals surface area contributed by atoms with Gasteiger partial charge in [0, 0.05) is 37.0 Å². The maximum atomic E-state index is 12.9. The van der Waals surface area contributed by atoms with Crippen molar-refractivity contribution in [3.8, 4) is 0 Å². The molecule has 3 rings (SSSR count). The lowest BCUT2D eigenvalue weighted by molar-refractivity contribution is -0.117. The molecule has 0 spiro atoms. The monoisotopic (exact) mass is 383 g/mol. The van der Waals surface area contributed by atoms with Gasteiger partial charge in [-0.2, -0.15) is 0 Å². The summed E-state index contributed by atoms with van der Waals surface area (Å²) in [7, 11) is 2.56. The van der Waals surface area contributed by atoms with Crippen molar-refractivity contribution in [2.75, 3.05) is 24.7 Å². The molecule has 0 unspecified atom stereocenters. The van der Waals surface area contributed by atoms with Gasteiger partial charge in [0.05, 0.1) is 16.6 Å². The van der Waals surface area contributed by atoms with Crippen LogP contribution in [0.25, 0.3) is 0 Å². The second-order valence-electron chi connectivity index (χ2n) is 7.34. The summed E-state index contributed by atoms with van der Waals surface area (Å²) in [5.74, 6) is -0.386. The highest BCUT2D eigenvalue weighted by Crippen LogP contribution is 2.38. The van der Waals surface area contributed by atoms with E-state index in [1.165, 1.54) is 12.2 Å². The summed E-state index contributed by atoms with van der Waals surface area (Å²) < 4.78 is 12.9. The molecule has 27 heavy (non-hydrogen) atoms. The molecule has 2 aromatic rings. The number of benzene rings is 2. The van der Waals surface area contributed by atoms with E-state index in [-0.39, 0.29) is 18.0 Å². The van der Waals surface area contributed by atoms with Gasteiger partial charge in [-0.3, -0.25) is 9.00 Å². The number of carbonyl (C=O) groups is 1. The molecule has 0 saturated heterocycles. The van der Waals surface area contributed by atoms with Crippen LogP contribution in [0, 0.1) is 6.92 Å². The Morgan fingerprint density at radius 1 is 1.11 bits per heavy atom. The van der Waals surface area contributed by atoms with E-state index in [0.29, 0.717) is 4.90 Å². The zero-order chi connectivity index (χ0) is 19.6. The van der Waals surface area contributed by atoms with E-state index >= 15 is 0 Å². The second kappa shape index (κ2) is 7.79. The zero-order valence-electron chi connectivity index (χ0n) is 15.9. The molecule has 2 aromatic carbocycles. The van der Waals surface area contributed by atoms with Crippen LogP contribution in [0.4, 0.5) is 5.69 Å². The SMILES string of the molecule is Cc1ccc([S@](=O)C[C@@]2(O)C=CC(=O)C[C@@H]2c2ccc(N(C)C)cc2)cc1. The lowest BCUT2D eigenvalue weighted by Gasteiger charge is -2.36. The molecule has 1 aliphatic carbocycles. The molecule has 142 valence electrons. The van der Waals surface area contributed by atoms with Crippen LogP contribution in [0.15, 0.2) is 65.6 Å². The van der Waals surface area contributed by atoms with Gasteiger partial charge in [-0.15, -0.1) is 0 Å². The number of hydrogen-bond acceptors (Lipinski definition) is 4. The van der Waals surface area contributed by atoms with Crippen LogP contribution < -0.4 is 4.90 Å². The summed E-state index contributed by atoms with van der Waals surface area (Å²) >= 11 is 0. The highest BCUT2D eigenvalue weighted by molar-refractivity contribution is 7.85. The summed E-state index contributed by atoms with van der Waals surface area (Å²) in [6.45, 7) is 1.98. The van der Waals surface area contributed by atoms with Crippen molar-refractivity contribution < 1.29 is 14.1 Å². The van der Waals surface area contributed by atoms with E-state index in [9.17, 15) is 14.1 Å². The van der Waals surface area contributed by atoms with Gasteiger partial charge in [0.15, 0.2) is 5.78 Å². The van der Waals surface area contributed by atoms with Crippen molar-refractivity contribution in [2.45, 2.75) is 29.8 Å². The topological polar surface area (TPSA) is 57.6 Å². The van der Waals surface area contributed by atoms with Crippen molar-refractivity contribution >= 4 is 22.3 Å². The molecule has 0 amide bonds. The lowest BCUT2D eigenvalue weighted by Crippen LogP contribution is -2.43. The Morgan fingerprint density at radius 2 is 1.74 bits per heavy atom. The van der Waals surface area contributed by atoms with Gasteiger partial charge >= 0.3 is 0 Å². The van der Waals surface area contributed by atoms with Crippen LogP contribution in [-0.4, -0.2) is 40.5 Å².